The normalized spacial score (nSPS) is 10.1. The van der Waals surface area contributed by atoms with Gasteiger partial charge in [0.05, 0.1) is 5.52 Å². The maximum Gasteiger partial charge on any atom is 0.352 e. The van der Waals surface area contributed by atoms with Crippen LogP contribution < -0.4 is 9.47 Å². The Labute approximate surface area is 181 Å². The van der Waals surface area contributed by atoms with Crippen LogP contribution in [0.25, 0.3) is 10.9 Å². The number of fused-ring (bicyclic) bond motifs is 1. The summed E-state index contributed by atoms with van der Waals surface area (Å²) in [6.07, 6.45) is 0. The first-order valence-corrected chi connectivity index (χ1v) is 9.90. The van der Waals surface area contributed by atoms with Crippen molar-refractivity contribution in [2.75, 3.05) is 0 Å². The van der Waals surface area contributed by atoms with Gasteiger partial charge in [0, 0.05) is 11.5 Å². The number of hydrogen-bond acceptors (Lipinski definition) is 5. The van der Waals surface area contributed by atoms with E-state index in [1.807, 2.05) is 61.5 Å². The van der Waals surface area contributed by atoms with Crippen LogP contribution in [0.2, 0.25) is 0 Å². The number of carboxylic acids is 1. The third kappa shape index (κ3) is 5.80. The standard InChI is InChI=1S/C23H19NO4.O2S/c1-15-7-9-18(10-8-15)28-19-11-17-12-20(23(25)26)24-22(17)21(13-19)27-14-16-5-3-2-4-6-16;1-3-2/h2-13,24H,14H2,1H3,(H,25,26);. The summed E-state index contributed by atoms with van der Waals surface area (Å²) in [4.78, 5) is 14.3. The van der Waals surface area contributed by atoms with Crippen molar-refractivity contribution in [1.82, 2.24) is 4.98 Å². The van der Waals surface area contributed by atoms with Crippen LogP contribution >= 0.6 is 0 Å². The predicted octanol–water partition coefficient (Wildman–Crippen LogP) is 4.88. The van der Waals surface area contributed by atoms with Gasteiger partial charge in [0.25, 0.3) is 0 Å². The number of H-pyrrole nitrogens is 1. The van der Waals surface area contributed by atoms with Gasteiger partial charge in [-0.3, -0.25) is 0 Å². The van der Waals surface area contributed by atoms with Crippen LogP contribution in [-0.4, -0.2) is 24.5 Å². The van der Waals surface area contributed by atoms with Crippen molar-refractivity contribution in [2.45, 2.75) is 13.5 Å². The fourth-order valence-electron chi connectivity index (χ4n) is 2.95. The van der Waals surface area contributed by atoms with Gasteiger partial charge in [0.1, 0.15) is 29.5 Å². The fourth-order valence-corrected chi connectivity index (χ4v) is 2.95. The van der Waals surface area contributed by atoms with Gasteiger partial charge in [-0.1, -0.05) is 48.0 Å². The van der Waals surface area contributed by atoms with E-state index in [2.05, 4.69) is 4.98 Å². The monoisotopic (exact) mass is 437 g/mol. The largest absolute Gasteiger partial charge is 0.487 e. The van der Waals surface area contributed by atoms with E-state index >= 15 is 0 Å². The van der Waals surface area contributed by atoms with Gasteiger partial charge < -0.3 is 19.6 Å². The molecule has 1 heterocycles. The second-order valence-corrected chi connectivity index (χ2v) is 6.77. The highest BCUT2D eigenvalue weighted by atomic mass is 32.1. The fraction of sp³-hybridized carbons (Fsp3) is 0.0870. The van der Waals surface area contributed by atoms with Crippen molar-refractivity contribution in [2.24, 2.45) is 0 Å². The van der Waals surface area contributed by atoms with Gasteiger partial charge >= 0.3 is 17.5 Å². The molecule has 0 saturated carbocycles. The average Bonchev–Trinajstić information content (AvgIpc) is 3.20. The van der Waals surface area contributed by atoms with Crippen LogP contribution in [0, 0.1) is 6.92 Å². The maximum absolute atomic E-state index is 11.4. The molecular formula is C23H19NO6S. The van der Waals surface area contributed by atoms with E-state index in [0.717, 1.165) is 11.1 Å². The van der Waals surface area contributed by atoms with E-state index in [1.165, 1.54) is 0 Å². The molecule has 0 spiro atoms. The zero-order valence-corrected chi connectivity index (χ0v) is 17.3. The van der Waals surface area contributed by atoms with Crippen LogP contribution in [0.4, 0.5) is 0 Å². The first kappa shape index (κ1) is 21.8. The van der Waals surface area contributed by atoms with Crippen molar-refractivity contribution in [3.05, 3.63) is 89.6 Å². The average molecular weight is 437 g/mol. The summed E-state index contributed by atoms with van der Waals surface area (Å²) < 4.78 is 28.5. The highest BCUT2D eigenvalue weighted by Gasteiger charge is 2.14. The van der Waals surface area contributed by atoms with Crippen LogP contribution in [-0.2, 0) is 18.2 Å². The summed E-state index contributed by atoms with van der Waals surface area (Å²) in [5.74, 6) is 0.797. The molecule has 0 unspecified atom stereocenters. The second-order valence-electron chi connectivity index (χ2n) is 6.63. The predicted molar refractivity (Wildman–Crippen MR) is 116 cm³/mol. The van der Waals surface area contributed by atoms with Crippen molar-refractivity contribution < 1.29 is 27.8 Å². The summed E-state index contributed by atoms with van der Waals surface area (Å²) in [6.45, 7) is 2.38. The summed E-state index contributed by atoms with van der Waals surface area (Å²) in [5, 5.41) is 10.0. The van der Waals surface area contributed by atoms with Crippen LogP contribution in [0.5, 0.6) is 17.2 Å². The molecule has 31 heavy (non-hydrogen) atoms. The zero-order valence-electron chi connectivity index (χ0n) is 16.5. The van der Waals surface area contributed by atoms with E-state index in [0.29, 0.717) is 34.8 Å². The van der Waals surface area contributed by atoms with E-state index < -0.39 is 17.5 Å². The van der Waals surface area contributed by atoms with E-state index in [1.54, 1.807) is 18.2 Å². The van der Waals surface area contributed by atoms with Gasteiger partial charge in [0.2, 0.25) is 0 Å². The first-order valence-electron chi connectivity index (χ1n) is 9.23. The smallest absolute Gasteiger partial charge is 0.352 e. The molecule has 0 aliphatic carbocycles. The Balaban J connectivity index is 0.000000858. The Morgan fingerprint density at radius 1 is 0.968 bits per heavy atom. The van der Waals surface area contributed by atoms with Gasteiger partial charge in [-0.05, 0) is 36.8 Å². The number of rotatable bonds is 6. The number of hydrogen-bond donors (Lipinski definition) is 2. The Morgan fingerprint density at radius 3 is 2.29 bits per heavy atom. The van der Waals surface area contributed by atoms with Gasteiger partial charge in [-0.2, -0.15) is 8.42 Å². The third-order valence-electron chi connectivity index (χ3n) is 4.39. The van der Waals surface area contributed by atoms with E-state index in [4.69, 9.17) is 17.9 Å². The molecule has 0 radical (unpaired) electrons. The van der Waals surface area contributed by atoms with Gasteiger partial charge in [-0.25, -0.2) is 4.79 Å². The number of aromatic amines is 1. The lowest BCUT2D eigenvalue weighted by molar-refractivity contribution is 0.0691. The second kappa shape index (κ2) is 10.2. The summed E-state index contributed by atoms with van der Waals surface area (Å²) >= 11 is -0.750. The highest BCUT2D eigenvalue weighted by molar-refractivity contribution is 7.51. The SMILES string of the molecule is Cc1ccc(Oc2cc(OCc3ccccc3)c3[nH]c(C(=O)O)cc3c2)cc1.O=S=O. The minimum atomic E-state index is -1.02. The molecule has 158 valence electrons. The molecule has 1 aromatic heterocycles. The van der Waals surface area contributed by atoms with Gasteiger partial charge in [0.15, 0.2) is 0 Å². The molecule has 8 heteroatoms. The lowest BCUT2D eigenvalue weighted by Gasteiger charge is -2.11. The molecule has 0 bridgehead atoms. The number of ether oxygens (including phenoxy) is 2. The van der Waals surface area contributed by atoms with Crippen LogP contribution in [0.3, 0.4) is 0 Å². The van der Waals surface area contributed by atoms with Crippen molar-refractivity contribution in [3.63, 3.8) is 0 Å². The summed E-state index contributed by atoms with van der Waals surface area (Å²) in [6, 6.07) is 22.7. The summed E-state index contributed by atoms with van der Waals surface area (Å²) in [5.41, 5.74) is 2.90. The molecule has 2 N–H and O–H groups in total. The maximum atomic E-state index is 11.4. The molecule has 7 nitrogen and oxygen atoms in total. The number of carbonyl (C=O) groups is 1. The number of carboxylic acid groups (broad SMARTS) is 1. The van der Waals surface area contributed by atoms with Crippen molar-refractivity contribution in [3.8, 4) is 17.2 Å². The lowest BCUT2D eigenvalue weighted by Crippen LogP contribution is -1.97. The van der Waals surface area contributed by atoms with Crippen molar-refractivity contribution >= 4 is 28.4 Å². The van der Waals surface area contributed by atoms with Crippen LogP contribution in [0.1, 0.15) is 21.6 Å². The summed E-state index contributed by atoms with van der Waals surface area (Å²) in [7, 11) is 0. The first-order chi connectivity index (χ1) is 15.0. The molecule has 0 atom stereocenters. The molecule has 0 amide bonds. The van der Waals surface area contributed by atoms with E-state index in [9.17, 15) is 9.90 Å². The quantitative estimate of drug-likeness (QED) is 0.446. The molecule has 0 aliphatic rings. The Bertz CT molecular complexity index is 1210. The molecule has 4 rings (SSSR count). The molecule has 0 fully saturated rings. The number of benzene rings is 3. The Hall–Kier alpha value is -3.91. The lowest BCUT2D eigenvalue weighted by atomic mass is 10.2. The molecule has 0 aliphatic heterocycles. The van der Waals surface area contributed by atoms with Crippen molar-refractivity contribution in [1.29, 1.82) is 0 Å². The van der Waals surface area contributed by atoms with E-state index in [-0.39, 0.29) is 5.69 Å². The molecule has 3 aromatic carbocycles. The number of nitrogens with one attached hydrogen (secondary N) is 1. The highest BCUT2D eigenvalue weighted by Crippen LogP contribution is 2.34. The molecule has 4 aromatic rings. The van der Waals surface area contributed by atoms with Gasteiger partial charge in [-0.15, -0.1) is 0 Å². The third-order valence-corrected chi connectivity index (χ3v) is 4.39. The topological polar surface area (TPSA) is 106 Å². The number of aryl methyl sites for hydroxylation is 1. The number of aromatic carboxylic acids is 1. The zero-order chi connectivity index (χ0) is 22.2. The number of aromatic nitrogens is 1. The molecule has 0 saturated heterocycles. The Kier molecular flexibility index (Phi) is 7.18. The Morgan fingerprint density at radius 2 is 1.65 bits per heavy atom. The van der Waals surface area contributed by atoms with Crippen LogP contribution in [0.15, 0.2) is 72.8 Å². The molecular weight excluding hydrogens is 418 g/mol. The minimum Gasteiger partial charge on any atom is -0.487 e. The minimum absolute atomic E-state index is 0.104.